The summed E-state index contributed by atoms with van der Waals surface area (Å²) in [5, 5.41) is 21.9. The average molecular weight is 458 g/mol. The highest BCUT2D eigenvalue weighted by Gasteiger charge is 2.49. The summed E-state index contributed by atoms with van der Waals surface area (Å²) in [5.41, 5.74) is -2.20. The molecule has 9 nitrogen and oxygen atoms in total. The Bertz CT molecular complexity index is 697. The molecule has 4 unspecified atom stereocenters. The fourth-order valence-electron chi connectivity index (χ4n) is 3.30. The predicted octanol–water partition coefficient (Wildman–Crippen LogP) is 3.70. The zero-order valence-electron chi connectivity index (χ0n) is 20.0. The summed E-state index contributed by atoms with van der Waals surface area (Å²) in [7, 11) is -0.873. The van der Waals surface area contributed by atoms with Gasteiger partial charge >= 0.3 is 12.1 Å². The Labute approximate surface area is 186 Å². The molecule has 1 aliphatic rings. The van der Waals surface area contributed by atoms with E-state index in [0.717, 1.165) is 4.90 Å². The maximum Gasteiger partial charge on any atom is 0.410 e. The quantitative estimate of drug-likeness (QED) is 0.334. The van der Waals surface area contributed by atoms with Crippen LogP contribution in [-0.2, 0) is 18.7 Å². The van der Waals surface area contributed by atoms with Crippen molar-refractivity contribution >= 4 is 20.4 Å². The van der Waals surface area contributed by atoms with Crippen LogP contribution in [0.2, 0.25) is 19.6 Å². The van der Waals surface area contributed by atoms with E-state index in [1.807, 2.05) is 19.6 Å². The van der Waals surface area contributed by atoms with Crippen molar-refractivity contribution in [1.29, 1.82) is 0 Å². The third kappa shape index (κ3) is 7.43. The predicted molar refractivity (Wildman–Crippen MR) is 120 cm³/mol. The lowest BCUT2D eigenvalue weighted by molar-refractivity contribution is -0.161. The van der Waals surface area contributed by atoms with Crippen LogP contribution in [0.25, 0.3) is 0 Å². The normalized spacial score (nSPS) is 23.4. The van der Waals surface area contributed by atoms with Gasteiger partial charge in [0.2, 0.25) is 0 Å². The first-order chi connectivity index (χ1) is 14.0. The number of likely N-dealkylation sites (N-methyl/N-ethyl adjacent to an activating group) is 1. The molecule has 1 aliphatic carbocycles. The first-order valence-corrected chi connectivity index (χ1v) is 13.8. The van der Waals surface area contributed by atoms with Crippen molar-refractivity contribution in [3.8, 4) is 0 Å². The SMILES string of the molecule is CCOC(=O)C(C(O[Si](C)(C)C)C1C=CC=CC1(C)N([O-])O)N(C)C(=O)OC(C)(C)C. The highest BCUT2D eigenvalue weighted by Crippen LogP contribution is 2.37. The minimum absolute atomic E-state index is 0.0997. The van der Waals surface area contributed by atoms with Crippen LogP contribution < -0.4 is 0 Å². The van der Waals surface area contributed by atoms with Gasteiger partial charge in [-0.25, -0.2) is 9.59 Å². The lowest BCUT2D eigenvalue weighted by Crippen LogP contribution is -2.62. The molecule has 1 amide bonds. The summed E-state index contributed by atoms with van der Waals surface area (Å²) in [6, 6.07) is -1.21. The molecular weight excluding hydrogens is 420 g/mol. The van der Waals surface area contributed by atoms with E-state index in [1.165, 1.54) is 7.05 Å². The number of allylic oxidation sites excluding steroid dienone is 2. The number of amides is 1. The molecule has 0 fully saturated rings. The molecular formula is C21H37N2O7Si-. The first kappa shape index (κ1) is 27.3. The summed E-state index contributed by atoms with van der Waals surface area (Å²) in [5.74, 6) is -1.44. The highest BCUT2D eigenvalue weighted by atomic mass is 28.4. The molecule has 0 aliphatic heterocycles. The number of carbonyl (C=O) groups is 2. The zero-order chi connectivity index (χ0) is 24.2. The minimum Gasteiger partial charge on any atom is -0.762 e. The third-order valence-corrected chi connectivity index (χ3v) is 5.71. The van der Waals surface area contributed by atoms with Gasteiger partial charge in [0.15, 0.2) is 14.4 Å². The number of hydrogen-bond acceptors (Lipinski definition) is 8. The molecule has 0 heterocycles. The molecule has 0 bridgehead atoms. The average Bonchev–Trinajstić information content (AvgIpc) is 2.59. The number of carbonyl (C=O) groups excluding carboxylic acids is 2. The Kier molecular flexibility index (Phi) is 9.04. The van der Waals surface area contributed by atoms with Crippen LogP contribution in [-0.4, -0.2) is 72.7 Å². The van der Waals surface area contributed by atoms with Crippen LogP contribution >= 0.6 is 0 Å². The molecule has 0 aromatic carbocycles. The first-order valence-electron chi connectivity index (χ1n) is 10.4. The number of nitrogens with zero attached hydrogens (tertiary/aromatic N) is 2. The van der Waals surface area contributed by atoms with Crippen molar-refractivity contribution in [3.63, 3.8) is 0 Å². The lowest BCUT2D eigenvalue weighted by Gasteiger charge is -2.50. The summed E-state index contributed by atoms with van der Waals surface area (Å²) >= 11 is 0. The Balaban J connectivity index is 3.55. The highest BCUT2D eigenvalue weighted by molar-refractivity contribution is 6.69. The zero-order valence-corrected chi connectivity index (χ0v) is 21.0. The third-order valence-electron chi connectivity index (χ3n) is 4.73. The number of hydroxylamine groups is 2. The standard InChI is InChI=1S/C21H37N2O7Si/c1-10-28-18(24)16(22(6)19(25)29-20(2,3)4)17(30-31(7,8)9)15-13-11-12-14-21(15,5)23(26)27/h11-17,26H,10H2,1-9H3/q-1. The van der Waals surface area contributed by atoms with Crippen LogP contribution in [0.15, 0.2) is 24.3 Å². The summed E-state index contributed by atoms with van der Waals surface area (Å²) in [4.78, 5) is 27.1. The van der Waals surface area contributed by atoms with Gasteiger partial charge in [-0.05, 0) is 54.3 Å². The molecule has 1 N–H and O–H groups in total. The molecule has 0 aromatic heterocycles. The summed E-state index contributed by atoms with van der Waals surface area (Å²) in [6.07, 6.45) is 4.89. The van der Waals surface area contributed by atoms with Gasteiger partial charge in [0.25, 0.3) is 0 Å². The van der Waals surface area contributed by atoms with Gasteiger partial charge < -0.3 is 24.3 Å². The molecule has 0 spiro atoms. The number of rotatable bonds is 8. The smallest absolute Gasteiger partial charge is 0.410 e. The van der Waals surface area contributed by atoms with E-state index in [4.69, 9.17) is 13.9 Å². The Morgan fingerprint density at radius 1 is 1.26 bits per heavy atom. The van der Waals surface area contributed by atoms with Gasteiger partial charge in [0, 0.05) is 13.0 Å². The second kappa shape index (κ2) is 10.3. The van der Waals surface area contributed by atoms with Gasteiger partial charge in [0.1, 0.15) is 5.60 Å². The van der Waals surface area contributed by atoms with Crippen molar-refractivity contribution in [1.82, 2.24) is 10.1 Å². The molecule has 10 heteroatoms. The second-order valence-corrected chi connectivity index (χ2v) is 14.2. The summed E-state index contributed by atoms with van der Waals surface area (Å²) in [6.45, 7) is 14.3. The van der Waals surface area contributed by atoms with E-state index in [1.54, 1.807) is 58.9 Å². The van der Waals surface area contributed by atoms with Crippen molar-refractivity contribution < 1.29 is 28.7 Å². The maximum atomic E-state index is 13.1. The van der Waals surface area contributed by atoms with Crippen molar-refractivity contribution in [2.24, 2.45) is 5.92 Å². The topological polar surface area (TPSA) is 112 Å². The van der Waals surface area contributed by atoms with Crippen LogP contribution in [0.1, 0.15) is 34.6 Å². The molecule has 0 radical (unpaired) electrons. The molecule has 31 heavy (non-hydrogen) atoms. The van der Waals surface area contributed by atoms with Crippen LogP contribution in [0.4, 0.5) is 4.79 Å². The van der Waals surface area contributed by atoms with Gasteiger partial charge in [-0.2, -0.15) is 0 Å². The van der Waals surface area contributed by atoms with Crippen LogP contribution in [0.5, 0.6) is 0 Å². The monoisotopic (exact) mass is 457 g/mol. The van der Waals surface area contributed by atoms with E-state index in [0.29, 0.717) is 0 Å². The fraction of sp³-hybridized carbons (Fsp3) is 0.714. The number of ether oxygens (including phenoxy) is 2. The number of hydrogen-bond donors (Lipinski definition) is 1. The molecule has 4 atom stereocenters. The maximum absolute atomic E-state index is 13.1. The van der Waals surface area contributed by atoms with E-state index in [2.05, 4.69) is 0 Å². The van der Waals surface area contributed by atoms with E-state index in [-0.39, 0.29) is 11.8 Å². The molecule has 178 valence electrons. The van der Waals surface area contributed by atoms with Crippen molar-refractivity contribution in [2.75, 3.05) is 13.7 Å². The minimum atomic E-state index is -2.31. The van der Waals surface area contributed by atoms with E-state index in [9.17, 15) is 20.0 Å². The van der Waals surface area contributed by atoms with Crippen LogP contribution in [0, 0.1) is 11.1 Å². The Morgan fingerprint density at radius 3 is 2.29 bits per heavy atom. The largest absolute Gasteiger partial charge is 0.762 e. The van der Waals surface area contributed by atoms with Crippen molar-refractivity contribution in [2.45, 2.75) is 77.5 Å². The molecule has 0 aromatic rings. The molecule has 0 saturated heterocycles. The number of esters is 1. The fourth-order valence-corrected chi connectivity index (χ4v) is 4.40. The Morgan fingerprint density at radius 2 is 1.84 bits per heavy atom. The van der Waals surface area contributed by atoms with Gasteiger partial charge in [-0.3, -0.25) is 10.1 Å². The van der Waals surface area contributed by atoms with E-state index < -0.39 is 49.6 Å². The lowest BCUT2D eigenvalue weighted by atomic mass is 9.76. The second-order valence-electron chi connectivity index (χ2n) is 9.75. The summed E-state index contributed by atoms with van der Waals surface area (Å²) < 4.78 is 17.1. The van der Waals surface area contributed by atoms with Gasteiger partial charge in [-0.1, -0.05) is 24.3 Å². The van der Waals surface area contributed by atoms with Gasteiger partial charge in [0.05, 0.1) is 18.2 Å². The Hall–Kier alpha value is -1.72. The van der Waals surface area contributed by atoms with Crippen molar-refractivity contribution in [3.05, 3.63) is 29.5 Å². The van der Waals surface area contributed by atoms with Gasteiger partial charge in [-0.15, -0.1) is 0 Å². The molecule has 1 rings (SSSR count). The van der Waals surface area contributed by atoms with Crippen LogP contribution in [0.3, 0.4) is 0 Å². The molecule has 0 saturated carbocycles. The van der Waals surface area contributed by atoms with E-state index >= 15 is 0 Å².